The smallest absolute Gasteiger partial charge is 0.337 e. The first-order valence-electron chi connectivity index (χ1n) is 20.5. The van der Waals surface area contributed by atoms with Gasteiger partial charge < -0.3 is 24.5 Å². The zero-order valence-electron chi connectivity index (χ0n) is 33.7. The van der Waals surface area contributed by atoms with Crippen LogP contribution in [0.4, 0.5) is 0 Å². The van der Waals surface area contributed by atoms with Crippen LogP contribution in [0, 0.1) is 0 Å². The number of nitrogens with zero attached hydrogens (tertiary/aromatic N) is 2. The minimum atomic E-state index is -0.794. The highest BCUT2D eigenvalue weighted by Gasteiger charge is 2.26. The number of carbonyl (C=O) groups excluding carboxylic acids is 1. The number of benzene rings is 2. The van der Waals surface area contributed by atoms with Crippen LogP contribution in [-0.4, -0.2) is 45.2 Å². The molecular formula is C49H54N4O4. The second-order valence-electron chi connectivity index (χ2n) is 15.1. The monoisotopic (exact) mass is 762 g/mol. The summed E-state index contributed by atoms with van der Waals surface area (Å²) in [5.74, 6) is 0.219. The van der Waals surface area contributed by atoms with Gasteiger partial charge in [0.15, 0.2) is 0 Å². The predicted octanol–water partition coefficient (Wildman–Crippen LogP) is 11.7. The maximum Gasteiger partial charge on any atom is 0.337 e. The van der Waals surface area contributed by atoms with Crippen molar-refractivity contribution in [2.45, 2.75) is 90.6 Å². The lowest BCUT2D eigenvalue weighted by Crippen LogP contribution is -2.00. The first kappa shape index (κ1) is 39.5. The molecule has 8 heteroatoms. The molecule has 294 valence electrons. The van der Waals surface area contributed by atoms with Gasteiger partial charge >= 0.3 is 5.97 Å². The highest BCUT2D eigenvalue weighted by molar-refractivity contribution is 5.94. The first-order valence-corrected chi connectivity index (χ1v) is 20.5. The molecule has 0 spiro atoms. The Labute approximate surface area is 335 Å². The number of nitrogens with one attached hydrogen (secondary N) is 2. The molecule has 7 rings (SSSR count). The number of aromatic amines is 2. The number of aromatic nitrogens is 4. The molecule has 8 nitrogen and oxygen atoms in total. The molecular weight excluding hydrogens is 709 g/mol. The van der Waals surface area contributed by atoms with Crippen LogP contribution < -0.4 is 0 Å². The van der Waals surface area contributed by atoms with Gasteiger partial charge in [-0.2, -0.15) is 0 Å². The SMILES string of the molecule is C=C(OC)c1ccc(-c2c3nc(c(CCCCCC)c4ccc([nH]4)c(-c4ccc(C(=O)OC)cc4)c4nc(c(CCCCCC)c5ccc2[nH]5)C=C4)C[C@H]3O)cc1. The molecule has 0 saturated carbocycles. The largest absolute Gasteiger partial charge is 0.497 e. The summed E-state index contributed by atoms with van der Waals surface area (Å²) in [4.78, 5) is 30.7. The molecule has 57 heavy (non-hydrogen) atoms. The van der Waals surface area contributed by atoms with Crippen molar-refractivity contribution in [3.63, 3.8) is 0 Å². The van der Waals surface area contributed by atoms with E-state index in [0.29, 0.717) is 23.4 Å². The van der Waals surface area contributed by atoms with E-state index in [1.165, 1.54) is 13.5 Å². The van der Waals surface area contributed by atoms with Crippen LogP contribution in [-0.2, 0) is 28.7 Å². The van der Waals surface area contributed by atoms with Crippen molar-refractivity contribution in [2.24, 2.45) is 0 Å². The minimum absolute atomic E-state index is 0.375. The van der Waals surface area contributed by atoms with Gasteiger partial charge in [0, 0.05) is 56.4 Å². The summed E-state index contributed by atoms with van der Waals surface area (Å²) in [6.07, 6.45) is 14.5. The third-order valence-electron chi connectivity index (χ3n) is 11.2. The van der Waals surface area contributed by atoms with Crippen LogP contribution in [0.3, 0.4) is 0 Å². The quantitative estimate of drug-likeness (QED) is 0.0545. The van der Waals surface area contributed by atoms with Crippen LogP contribution in [0.15, 0.2) is 79.4 Å². The van der Waals surface area contributed by atoms with Crippen molar-refractivity contribution in [3.8, 4) is 22.3 Å². The van der Waals surface area contributed by atoms with E-state index in [-0.39, 0.29) is 5.97 Å². The van der Waals surface area contributed by atoms with E-state index in [4.69, 9.17) is 19.4 Å². The zero-order chi connectivity index (χ0) is 39.9. The Kier molecular flexibility index (Phi) is 12.5. The van der Waals surface area contributed by atoms with Gasteiger partial charge in [-0.15, -0.1) is 0 Å². The standard InChI is InChI=1S/C49H54N4O4/c1-6-8-10-12-14-36-38-24-27-41(50-38)46(33-20-22-35(23-21-33)49(55)57-5)42-28-25-40(51-42)37(15-13-11-9-7-2)44-30-45(54)48(53-44)47(43-29-26-39(36)52-43)34-18-16-32(17-19-34)31(3)56-4/h16-29,45,51-52,54H,3,6-15,30H2,1-2,4-5H3/t45-/m1/s1. The molecule has 5 aromatic rings. The second kappa shape index (κ2) is 18.0. The summed E-state index contributed by atoms with van der Waals surface area (Å²) in [6.45, 7) is 8.50. The first-order chi connectivity index (χ1) is 27.8. The number of hydrogen-bond acceptors (Lipinski definition) is 6. The van der Waals surface area contributed by atoms with Crippen molar-refractivity contribution in [1.29, 1.82) is 0 Å². The van der Waals surface area contributed by atoms with E-state index in [0.717, 1.165) is 136 Å². The normalized spacial score (nSPS) is 13.5. The molecule has 3 N–H and O–H groups in total. The molecule has 3 aromatic heterocycles. The number of aliphatic hydroxyl groups excluding tert-OH is 1. The summed E-state index contributed by atoms with van der Waals surface area (Å²) in [6, 6.07) is 24.2. The van der Waals surface area contributed by atoms with E-state index in [9.17, 15) is 9.90 Å². The Morgan fingerprint density at radius 2 is 1.21 bits per heavy atom. The minimum Gasteiger partial charge on any atom is -0.497 e. The maximum atomic E-state index is 12.4. The number of methoxy groups -OCH3 is 2. The highest BCUT2D eigenvalue weighted by atomic mass is 16.5. The van der Waals surface area contributed by atoms with Crippen LogP contribution >= 0.6 is 0 Å². The fraction of sp³-hybridized carbons (Fsp3) is 0.327. The van der Waals surface area contributed by atoms with E-state index in [1.54, 1.807) is 19.2 Å². The molecule has 0 radical (unpaired) electrons. The lowest BCUT2D eigenvalue weighted by atomic mass is 9.98. The van der Waals surface area contributed by atoms with E-state index in [1.807, 2.05) is 24.3 Å². The number of unbranched alkanes of at least 4 members (excludes halogenated alkanes) is 6. The van der Waals surface area contributed by atoms with Crippen molar-refractivity contribution in [2.75, 3.05) is 14.2 Å². The third kappa shape index (κ3) is 8.52. The lowest BCUT2D eigenvalue weighted by Gasteiger charge is -2.10. The molecule has 0 saturated heterocycles. The van der Waals surface area contributed by atoms with Crippen LogP contribution in [0.25, 0.3) is 62.2 Å². The second-order valence-corrected chi connectivity index (χ2v) is 15.1. The highest BCUT2D eigenvalue weighted by Crippen LogP contribution is 2.38. The number of aryl methyl sites for hydroxylation is 2. The fourth-order valence-corrected chi connectivity index (χ4v) is 8.07. The summed E-state index contributed by atoms with van der Waals surface area (Å²) < 4.78 is 10.4. The molecule has 2 aromatic carbocycles. The predicted molar refractivity (Wildman–Crippen MR) is 233 cm³/mol. The van der Waals surface area contributed by atoms with Gasteiger partial charge in [0.05, 0.1) is 36.9 Å². The van der Waals surface area contributed by atoms with E-state index < -0.39 is 6.10 Å². The van der Waals surface area contributed by atoms with Crippen molar-refractivity contribution < 1.29 is 19.4 Å². The number of H-pyrrole nitrogens is 2. The van der Waals surface area contributed by atoms with Crippen LogP contribution in [0.1, 0.15) is 121 Å². The number of esters is 1. The number of rotatable bonds is 15. The summed E-state index contributed by atoms with van der Waals surface area (Å²) in [5, 5.41) is 12.0. The topological polar surface area (TPSA) is 113 Å². The summed E-state index contributed by atoms with van der Waals surface area (Å²) in [5.41, 5.74) is 14.4. The average molecular weight is 763 g/mol. The molecule has 0 fully saturated rings. The van der Waals surface area contributed by atoms with Crippen molar-refractivity contribution in [3.05, 3.63) is 124 Å². The number of fused-ring (bicyclic) bond motifs is 8. The average Bonchev–Trinajstić information content (AvgIpc) is 4.08. The lowest BCUT2D eigenvalue weighted by molar-refractivity contribution is 0.0600. The van der Waals surface area contributed by atoms with Gasteiger partial charge in [0.25, 0.3) is 0 Å². The molecule has 0 amide bonds. The molecule has 5 heterocycles. The Bertz CT molecular complexity index is 2440. The Morgan fingerprint density at radius 3 is 1.82 bits per heavy atom. The molecule has 2 aliphatic rings. The molecule has 0 unspecified atom stereocenters. The van der Waals surface area contributed by atoms with Gasteiger partial charge in [-0.25, -0.2) is 9.78 Å². The van der Waals surface area contributed by atoms with Gasteiger partial charge in [0.1, 0.15) is 11.9 Å². The van der Waals surface area contributed by atoms with E-state index in [2.05, 4.69) is 78.9 Å². The Hall–Kier alpha value is -5.73. The number of carbonyl (C=O) groups is 1. The number of aliphatic hydroxyl groups is 1. The van der Waals surface area contributed by atoms with Gasteiger partial charge in [-0.3, -0.25) is 4.98 Å². The Balaban J connectivity index is 1.55. The van der Waals surface area contributed by atoms with E-state index >= 15 is 0 Å². The molecule has 1 atom stereocenters. The van der Waals surface area contributed by atoms with Gasteiger partial charge in [-0.05, 0) is 90.9 Å². The zero-order valence-corrected chi connectivity index (χ0v) is 33.7. The van der Waals surface area contributed by atoms with Gasteiger partial charge in [0.2, 0.25) is 0 Å². The molecule has 2 aliphatic heterocycles. The van der Waals surface area contributed by atoms with Crippen molar-refractivity contribution >= 4 is 45.9 Å². The fourth-order valence-electron chi connectivity index (χ4n) is 8.07. The molecule has 8 bridgehead atoms. The third-order valence-corrected chi connectivity index (χ3v) is 11.2. The van der Waals surface area contributed by atoms with Crippen LogP contribution in [0.5, 0.6) is 0 Å². The maximum absolute atomic E-state index is 12.4. The van der Waals surface area contributed by atoms with Gasteiger partial charge in [-0.1, -0.05) is 95.3 Å². The van der Waals surface area contributed by atoms with Crippen molar-refractivity contribution in [1.82, 2.24) is 19.9 Å². The summed E-state index contributed by atoms with van der Waals surface area (Å²) >= 11 is 0. The summed E-state index contributed by atoms with van der Waals surface area (Å²) in [7, 11) is 3.02. The van der Waals surface area contributed by atoms with Crippen LogP contribution in [0.2, 0.25) is 0 Å². The Morgan fingerprint density at radius 1 is 0.667 bits per heavy atom. The number of ether oxygens (including phenoxy) is 2. The molecule has 0 aliphatic carbocycles. The number of hydrogen-bond donors (Lipinski definition) is 3.